The van der Waals surface area contributed by atoms with E-state index in [0.29, 0.717) is 21.5 Å². The van der Waals surface area contributed by atoms with Crippen molar-refractivity contribution >= 4 is 27.5 Å². The van der Waals surface area contributed by atoms with Crippen molar-refractivity contribution in [1.82, 2.24) is 0 Å². The zero-order valence-electron chi connectivity index (χ0n) is 11.1. The normalized spacial score (nSPS) is 10.2. The van der Waals surface area contributed by atoms with Gasteiger partial charge in [0.25, 0.3) is 5.91 Å². The summed E-state index contributed by atoms with van der Waals surface area (Å²) in [6.07, 6.45) is 0. The third kappa shape index (κ3) is 2.82. The molecule has 0 aliphatic rings. The number of hydrogen-bond acceptors (Lipinski definition) is 2. The molecule has 2 aromatic rings. The molecule has 0 unspecified atom stereocenters. The quantitative estimate of drug-likeness (QED) is 0.850. The van der Waals surface area contributed by atoms with Gasteiger partial charge in [-0.2, -0.15) is 0 Å². The first-order valence-electron chi connectivity index (χ1n) is 5.90. The SMILES string of the molecule is COc1ccccc1N(C)C(=O)c1ccc(F)cc1Br. The molecule has 3 nitrogen and oxygen atoms in total. The Morgan fingerprint density at radius 2 is 1.95 bits per heavy atom. The standard InChI is InChI=1S/C15H13BrFNO2/c1-18(13-5-3-4-6-14(13)20-2)15(19)11-8-7-10(17)9-12(11)16/h3-9H,1-2H3. The summed E-state index contributed by atoms with van der Waals surface area (Å²) in [6.45, 7) is 0. The van der Waals surface area contributed by atoms with Gasteiger partial charge in [-0.05, 0) is 46.3 Å². The average molecular weight is 338 g/mol. The third-order valence-corrected chi connectivity index (χ3v) is 3.57. The lowest BCUT2D eigenvalue weighted by atomic mass is 10.2. The molecule has 0 radical (unpaired) electrons. The van der Waals surface area contributed by atoms with Gasteiger partial charge in [0.15, 0.2) is 0 Å². The van der Waals surface area contributed by atoms with Crippen LogP contribution in [-0.4, -0.2) is 20.1 Å². The molecule has 0 aliphatic carbocycles. The van der Waals surface area contributed by atoms with Crippen molar-refractivity contribution in [2.24, 2.45) is 0 Å². The number of amides is 1. The van der Waals surface area contributed by atoms with Gasteiger partial charge in [0.1, 0.15) is 11.6 Å². The van der Waals surface area contributed by atoms with Crippen LogP contribution in [0.3, 0.4) is 0 Å². The van der Waals surface area contributed by atoms with E-state index in [4.69, 9.17) is 4.74 Å². The minimum absolute atomic E-state index is 0.249. The maximum Gasteiger partial charge on any atom is 0.259 e. The van der Waals surface area contributed by atoms with Crippen LogP contribution in [0.1, 0.15) is 10.4 Å². The van der Waals surface area contributed by atoms with Gasteiger partial charge in [-0.15, -0.1) is 0 Å². The number of halogens is 2. The van der Waals surface area contributed by atoms with E-state index >= 15 is 0 Å². The predicted octanol–water partition coefficient (Wildman–Crippen LogP) is 3.87. The summed E-state index contributed by atoms with van der Waals surface area (Å²) in [4.78, 5) is 13.9. The summed E-state index contributed by atoms with van der Waals surface area (Å²) in [6, 6.07) is 11.2. The minimum atomic E-state index is -0.395. The number of rotatable bonds is 3. The maximum absolute atomic E-state index is 13.1. The van der Waals surface area contributed by atoms with Crippen LogP contribution in [0.2, 0.25) is 0 Å². The molecular formula is C15H13BrFNO2. The lowest BCUT2D eigenvalue weighted by Crippen LogP contribution is -2.27. The van der Waals surface area contributed by atoms with Crippen LogP contribution in [0.5, 0.6) is 5.75 Å². The molecule has 0 saturated carbocycles. The predicted molar refractivity (Wildman–Crippen MR) is 79.8 cm³/mol. The summed E-state index contributed by atoms with van der Waals surface area (Å²) in [5.41, 5.74) is 1.04. The molecule has 20 heavy (non-hydrogen) atoms. The van der Waals surface area contributed by atoms with Crippen molar-refractivity contribution in [1.29, 1.82) is 0 Å². The van der Waals surface area contributed by atoms with Crippen molar-refractivity contribution in [2.75, 3.05) is 19.1 Å². The Balaban J connectivity index is 2.37. The van der Waals surface area contributed by atoms with Gasteiger partial charge in [-0.3, -0.25) is 4.79 Å². The summed E-state index contributed by atoms with van der Waals surface area (Å²) < 4.78 is 18.7. The third-order valence-electron chi connectivity index (χ3n) is 2.91. The van der Waals surface area contributed by atoms with Crippen LogP contribution in [0, 0.1) is 5.82 Å². The minimum Gasteiger partial charge on any atom is -0.495 e. The Morgan fingerprint density at radius 3 is 2.60 bits per heavy atom. The number of para-hydroxylation sites is 2. The zero-order chi connectivity index (χ0) is 14.7. The Morgan fingerprint density at radius 1 is 1.25 bits per heavy atom. The molecular weight excluding hydrogens is 325 g/mol. The van der Waals surface area contributed by atoms with Crippen molar-refractivity contribution in [2.45, 2.75) is 0 Å². The first kappa shape index (κ1) is 14.5. The molecule has 0 saturated heterocycles. The molecule has 0 heterocycles. The highest BCUT2D eigenvalue weighted by Gasteiger charge is 2.19. The van der Waals surface area contributed by atoms with Gasteiger partial charge >= 0.3 is 0 Å². The highest BCUT2D eigenvalue weighted by Crippen LogP contribution is 2.29. The molecule has 0 bridgehead atoms. The topological polar surface area (TPSA) is 29.5 Å². The molecule has 0 atom stereocenters. The molecule has 0 fully saturated rings. The molecule has 1 amide bonds. The van der Waals surface area contributed by atoms with Crippen LogP contribution in [-0.2, 0) is 0 Å². The second kappa shape index (κ2) is 6.05. The van der Waals surface area contributed by atoms with E-state index in [0.717, 1.165) is 0 Å². The Kier molecular flexibility index (Phi) is 4.39. The van der Waals surface area contributed by atoms with E-state index in [-0.39, 0.29) is 5.91 Å². The van der Waals surface area contributed by atoms with Gasteiger partial charge in [0.2, 0.25) is 0 Å². The number of methoxy groups -OCH3 is 1. The molecule has 104 valence electrons. The van der Waals surface area contributed by atoms with Crippen LogP contribution in [0.4, 0.5) is 10.1 Å². The van der Waals surface area contributed by atoms with Crippen LogP contribution in [0.15, 0.2) is 46.9 Å². The number of hydrogen-bond donors (Lipinski definition) is 0. The van der Waals surface area contributed by atoms with Gasteiger partial charge in [0, 0.05) is 11.5 Å². The summed E-state index contributed by atoms with van der Waals surface area (Å²) >= 11 is 3.21. The smallest absolute Gasteiger partial charge is 0.259 e. The molecule has 0 aromatic heterocycles. The molecule has 2 aromatic carbocycles. The molecule has 0 aliphatic heterocycles. The van der Waals surface area contributed by atoms with Crippen molar-refractivity contribution in [3.05, 3.63) is 58.3 Å². The Hall–Kier alpha value is -1.88. The van der Waals surface area contributed by atoms with E-state index in [2.05, 4.69) is 15.9 Å². The van der Waals surface area contributed by atoms with Gasteiger partial charge in [-0.25, -0.2) is 4.39 Å². The summed E-state index contributed by atoms with van der Waals surface area (Å²) in [5.74, 6) is -0.0451. The van der Waals surface area contributed by atoms with Gasteiger partial charge < -0.3 is 9.64 Å². The second-order valence-corrected chi connectivity index (χ2v) is 5.01. The zero-order valence-corrected chi connectivity index (χ0v) is 12.6. The first-order chi connectivity index (χ1) is 9.54. The number of anilines is 1. The Labute approximate surface area is 125 Å². The fourth-order valence-electron chi connectivity index (χ4n) is 1.86. The van der Waals surface area contributed by atoms with E-state index in [1.54, 1.807) is 26.3 Å². The number of carbonyl (C=O) groups excluding carboxylic acids is 1. The van der Waals surface area contributed by atoms with E-state index in [1.807, 2.05) is 12.1 Å². The fraction of sp³-hybridized carbons (Fsp3) is 0.133. The van der Waals surface area contributed by atoms with E-state index in [9.17, 15) is 9.18 Å². The highest BCUT2D eigenvalue weighted by atomic mass is 79.9. The lowest BCUT2D eigenvalue weighted by molar-refractivity contribution is 0.0991. The first-order valence-corrected chi connectivity index (χ1v) is 6.70. The molecule has 5 heteroatoms. The van der Waals surface area contributed by atoms with Crippen LogP contribution in [0.25, 0.3) is 0 Å². The lowest BCUT2D eigenvalue weighted by Gasteiger charge is -2.20. The fourth-order valence-corrected chi connectivity index (χ4v) is 2.38. The summed E-state index contributed by atoms with van der Waals surface area (Å²) in [7, 11) is 3.20. The molecule has 0 N–H and O–H groups in total. The van der Waals surface area contributed by atoms with Gasteiger partial charge in [0.05, 0.1) is 18.4 Å². The average Bonchev–Trinajstić information content (AvgIpc) is 2.45. The van der Waals surface area contributed by atoms with E-state index in [1.165, 1.54) is 23.1 Å². The van der Waals surface area contributed by atoms with E-state index < -0.39 is 5.82 Å². The largest absolute Gasteiger partial charge is 0.495 e. The molecule has 2 rings (SSSR count). The number of carbonyl (C=O) groups is 1. The van der Waals surface area contributed by atoms with Crippen molar-refractivity contribution in [3.8, 4) is 5.75 Å². The second-order valence-electron chi connectivity index (χ2n) is 4.16. The van der Waals surface area contributed by atoms with Crippen LogP contribution < -0.4 is 9.64 Å². The summed E-state index contributed by atoms with van der Waals surface area (Å²) in [5, 5.41) is 0. The highest BCUT2D eigenvalue weighted by molar-refractivity contribution is 9.10. The molecule has 0 spiro atoms. The number of ether oxygens (including phenoxy) is 1. The maximum atomic E-state index is 13.1. The van der Waals surface area contributed by atoms with Crippen molar-refractivity contribution < 1.29 is 13.9 Å². The number of benzene rings is 2. The monoisotopic (exact) mass is 337 g/mol. The van der Waals surface area contributed by atoms with Crippen molar-refractivity contribution in [3.63, 3.8) is 0 Å². The number of nitrogens with zero attached hydrogens (tertiary/aromatic N) is 1. The van der Waals surface area contributed by atoms with Gasteiger partial charge in [-0.1, -0.05) is 12.1 Å². The Bertz CT molecular complexity index is 646. The van der Waals surface area contributed by atoms with Crippen LogP contribution >= 0.6 is 15.9 Å².